The maximum absolute atomic E-state index is 12.9. The van der Waals surface area contributed by atoms with Crippen LogP contribution in [-0.4, -0.2) is 15.6 Å². The summed E-state index contributed by atoms with van der Waals surface area (Å²) in [5.41, 5.74) is 2.09. The lowest BCUT2D eigenvalue weighted by atomic mass is 10.2. The second-order valence-electron chi connectivity index (χ2n) is 5.59. The van der Waals surface area contributed by atoms with Crippen LogP contribution in [0.25, 0.3) is 0 Å². The Morgan fingerprint density at radius 3 is 2.65 bits per heavy atom. The third kappa shape index (κ3) is 3.00. The normalized spacial score (nSPS) is 15.7. The van der Waals surface area contributed by atoms with E-state index >= 15 is 0 Å². The molecule has 1 aromatic carbocycles. The van der Waals surface area contributed by atoms with Crippen molar-refractivity contribution in [3.63, 3.8) is 0 Å². The van der Waals surface area contributed by atoms with Crippen LogP contribution in [0.3, 0.4) is 0 Å². The number of imidazole rings is 1. The van der Waals surface area contributed by atoms with E-state index in [9.17, 15) is 4.39 Å². The number of nitrogens with one attached hydrogen (secondary N) is 1. The summed E-state index contributed by atoms with van der Waals surface area (Å²) in [6.45, 7) is 2.72. The van der Waals surface area contributed by atoms with Gasteiger partial charge in [0.2, 0.25) is 5.95 Å². The Morgan fingerprint density at radius 2 is 1.95 bits per heavy atom. The lowest BCUT2D eigenvalue weighted by Gasteiger charge is -2.14. The Morgan fingerprint density at radius 1 is 1.25 bits per heavy atom. The van der Waals surface area contributed by atoms with Crippen molar-refractivity contribution >= 4 is 5.95 Å². The Balaban J connectivity index is 1.76. The monoisotopic (exact) mass is 273 g/mol. The van der Waals surface area contributed by atoms with Crippen LogP contribution >= 0.6 is 0 Å². The van der Waals surface area contributed by atoms with Gasteiger partial charge in [0.25, 0.3) is 0 Å². The van der Waals surface area contributed by atoms with Crippen LogP contribution in [0.2, 0.25) is 0 Å². The molecule has 1 aromatic heterocycles. The molecule has 20 heavy (non-hydrogen) atoms. The van der Waals surface area contributed by atoms with Crippen molar-refractivity contribution in [1.29, 1.82) is 0 Å². The van der Waals surface area contributed by atoms with Crippen LogP contribution in [0, 0.1) is 12.7 Å². The zero-order valence-electron chi connectivity index (χ0n) is 11.8. The molecule has 1 aliphatic carbocycles. The zero-order valence-corrected chi connectivity index (χ0v) is 11.8. The summed E-state index contributed by atoms with van der Waals surface area (Å²) in [5.74, 6) is 0.735. The van der Waals surface area contributed by atoms with Crippen molar-refractivity contribution < 1.29 is 4.39 Å². The second kappa shape index (κ2) is 5.65. The quantitative estimate of drug-likeness (QED) is 0.919. The number of aryl methyl sites for hydroxylation is 1. The van der Waals surface area contributed by atoms with Crippen molar-refractivity contribution in [2.75, 3.05) is 5.32 Å². The molecule has 1 fully saturated rings. The smallest absolute Gasteiger partial charge is 0.203 e. The second-order valence-corrected chi connectivity index (χ2v) is 5.59. The summed E-state index contributed by atoms with van der Waals surface area (Å²) in [5, 5.41) is 3.54. The Bertz CT molecular complexity index is 568. The number of aromatic nitrogens is 2. The zero-order chi connectivity index (χ0) is 13.9. The molecule has 2 aromatic rings. The Kier molecular flexibility index (Phi) is 3.72. The largest absolute Gasteiger partial charge is 0.353 e. The fourth-order valence-corrected chi connectivity index (χ4v) is 2.82. The molecule has 1 N–H and O–H groups in total. The maximum atomic E-state index is 12.9. The Labute approximate surface area is 118 Å². The first kappa shape index (κ1) is 13.2. The summed E-state index contributed by atoms with van der Waals surface area (Å²) >= 11 is 0. The molecule has 3 nitrogen and oxygen atoms in total. The standard InChI is InChI=1S/C16H20FN3/c1-12-10-20(11-13-6-8-14(17)9-7-13)16(18-12)19-15-4-2-3-5-15/h6-10,15H,2-5,11H2,1H3,(H,18,19). The third-order valence-electron chi connectivity index (χ3n) is 3.85. The number of benzene rings is 1. The van der Waals surface area contributed by atoms with Gasteiger partial charge in [-0.1, -0.05) is 25.0 Å². The predicted octanol–water partition coefficient (Wildman–Crippen LogP) is 3.73. The molecule has 1 saturated carbocycles. The number of nitrogens with zero attached hydrogens (tertiary/aromatic N) is 2. The maximum Gasteiger partial charge on any atom is 0.203 e. The number of halogens is 1. The lowest BCUT2D eigenvalue weighted by molar-refractivity contribution is 0.626. The first-order chi connectivity index (χ1) is 9.70. The van der Waals surface area contributed by atoms with Crippen LogP contribution in [0.1, 0.15) is 36.9 Å². The van der Waals surface area contributed by atoms with E-state index in [1.54, 1.807) is 0 Å². The minimum Gasteiger partial charge on any atom is -0.353 e. The molecule has 1 aliphatic rings. The van der Waals surface area contributed by atoms with Crippen LogP contribution in [-0.2, 0) is 6.54 Å². The topological polar surface area (TPSA) is 29.9 Å². The van der Waals surface area contributed by atoms with Gasteiger partial charge >= 0.3 is 0 Å². The summed E-state index contributed by atoms with van der Waals surface area (Å²) in [6, 6.07) is 7.20. The van der Waals surface area contributed by atoms with Gasteiger partial charge in [-0.25, -0.2) is 9.37 Å². The average Bonchev–Trinajstić information content (AvgIpc) is 3.03. The summed E-state index contributed by atoms with van der Waals surface area (Å²) < 4.78 is 15.1. The lowest BCUT2D eigenvalue weighted by Crippen LogP contribution is -2.18. The first-order valence-electron chi connectivity index (χ1n) is 7.25. The fraction of sp³-hybridized carbons (Fsp3) is 0.438. The molecule has 0 saturated heterocycles. The van der Waals surface area contributed by atoms with E-state index in [0.29, 0.717) is 6.04 Å². The molecule has 1 heterocycles. The van der Waals surface area contributed by atoms with E-state index in [-0.39, 0.29) is 5.82 Å². The molecule has 0 amide bonds. The summed E-state index contributed by atoms with van der Waals surface area (Å²) in [6.07, 6.45) is 7.09. The molecule has 0 aliphatic heterocycles. The number of rotatable bonds is 4. The van der Waals surface area contributed by atoms with Crippen molar-refractivity contribution in [3.05, 3.63) is 47.5 Å². The molecule has 4 heteroatoms. The highest BCUT2D eigenvalue weighted by Crippen LogP contribution is 2.22. The molecular formula is C16H20FN3. The predicted molar refractivity (Wildman–Crippen MR) is 78.3 cm³/mol. The first-order valence-corrected chi connectivity index (χ1v) is 7.25. The van der Waals surface area contributed by atoms with Crippen LogP contribution in [0.5, 0.6) is 0 Å². The van der Waals surface area contributed by atoms with Gasteiger partial charge in [0.1, 0.15) is 5.82 Å². The van der Waals surface area contributed by atoms with Gasteiger partial charge in [0.15, 0.2) is 0 Å². The summed E-state index contributed by atoms with van der Waals surface area (Å²) in [4.78, 5) is 4.57. The van der Waals surface area contributed by atoms with Gasteiger partial charge in [-0.15, -0.1) is 0 Å². The van der Waals surface area contributed by atoms with Crippen molar-refractivity contribution in [1.82, 2.24) is 9.55 Å². The van der Waals surface area contributed by atoms with Crippen molar-refractivity contribution in [2.45, 2.75) is 45.2 Å². The Hall–Kier alpha value is -1.84. The highest BCUT2D eigenvalue weighted by Gasteiger charge is 2.17. The highest BCUT2D eigenvalue weighted by molar-refractivity contribution is 5.32. The number of anilines is 1. The molecule has 0 bridgehead atoms. The van der Waals surface area contributed by atoms with Crippen LogP contribution in [0.4, 0.5) is 10.3 Å². The minimum absolute atomic E-state index is 0.195. The van der Waals surface area contributed by atoms with Gasteiger partial charge < -0.3 is 9.88 Å². The van der Waals surface area contributed by atoms with E-state index in [4.69, 9.17) is 0 Å². The molecule has 0 radical (unpaired) electrons. The molecular weight excluding hydrogens is 253 g/mol. The SMILES string of the molecule is Cc1cn(Cc2ccc(F)cc2)c(NC2CCCC2)n1. The van der Waals surface area contributed by atoms with Crippen molar-refractivity contribution in [3.8, 4) is 0 Å². The van der Waals surface area contributed by atoms with Crippen LogP contribution < -0.4 is 5.32 Å². The number of hydrogen-bond donors (Lipinski definition) is 1. The van der Waals surface area contributed by atoms with Gasteiger partial charge in [0.05, 0.1) is 12.2 Å². The number of hydrogen-bond acceptors (Lipinski definition) is 2. The van der Waals surface area contributed by atoms with Gasteiger partial charge in [-0.3, -0.25) is 0 Å². The van der Waals surface area contributed by atoms with Crippen molar-refractivity contribution in [2.24, 2.45) is 0 Å². The molecule has 3 rings (SSSR count). The van der Waals surface area contributed by atoms with Crippen LogP contribution in [0.15, 0.2) is 30.5 Å². The molecule has 106 valence electrons. The van der Waals surface area contributed by atoms with E-state index in [1.165, 1.54) is 37.8 Å². The van der Waals surface area contributed by atoms with Gasteiger partial charge in [-0.05, 0) is 37.5 Å². The minimum atomic E-state index is -0.195. The molecule has 0 atom stereocenters. The van der Waals surface area contributed by atoms with Gasteiger partial charge in [0, 0.05) is 12.2 Å². The average molecular weight is 273 g/mol. The van der Waals surface area contributed by atoms with E-state index in [1.807, 2.05) is 25.3 Å². The van der Waals surface area contributed by atoms with E-state index in [0.717, 1.165) is 23.8 Å². The summed E-state index contributed by atoms with van der Waals surface area (Å²) in [7, 11) is 0. The van der Waals surface area contributed by atoms with E-state index in [2.05, 4.69) is 14.9 Å². The molecule has 0 unspecified atom stereocenters. The third-order valence-corrected chi connectivity index (χ3v) is 3.85. The van der Waals surface area contributed by atoms with Gasteiger partial charge in [-0.2, -0.15) is 0 Å². The van der Waals surface area contributed by atoms with E-state index < -0.39 is 0 Å². The highest BCUT2D eigenvalue weighted by atomic mass is 19.1. The fourth-order valence-electron chi connectivity index (χ4n) is 2.82. The molecule has 0 spiro atoms.